The first-order valence-corrected chi connectivity index (χ1v) is 10.0. The lowest BCUT2D eigenvalue weighted by molar-refractivity contribution is -0.142. The number of hydrogen-bond acceptors (Lipinski definition) is 5. The smallest absolute Gasteiger partial charge is 0.320 e. The number of nitrogens with one attached hydrogen (secondary N) is 2. The van der Waals surface area contributed by atoms with Crippen molar-refractivity contribution in [1.82, 2.24) is 14.9 Å². The van der Waals surface area contributed by atoms with Gasteiger partial charge in [0.05, 0.1) is 4.90 Å². The van der Waals surface area contributed by atoms with Gasteiger partial charge in [-0.3, -0.25) is 9.69 Å². The van der Waals surface area contributed by atoms with Crippen molar-refractivity contribution >= 4 is 16.0 Å². The zero-order valence-corrected chi connectivity index (χ0v) is 15.2. The van der Waals surface area contributed by atoms with Gasteiger partial charge in [-0.2, -0.15) is 0 Å². The molecule has 0 aromatic heterocycles. The Labute approximate surface area is 148 Å². The lowest BCUT2D eigenvalue weighted by Gasteiger charge is -2.33. The largest absolute Gasteiger partial charge is 0.480 e. The second-order valence-electron chi connectivity index (χ2n) is 7.06. The van der Waals surface area contributed by atoms with E-state index in [0.29, 0.717) is 13.0 Å². The number of rotatable bonds is 5. The Bertz CT molecular complexity index is 727. The molecule has 7 nitrogen and oxygen atoms in total. The first-order chi connectivity index (χ1) is 11.9. The van der Waals surface area contributed by atoms with Crippen LogP contribution < -0.4 is 10.0 Å². The van der Waals surface area contributed by atoms with Gasteiger partial charge in [-0.05, 0) is 62.5 Å². The van der Waals surface area contributed by atoms with Crippen LogP contribution in [0.4, 0.5) is 0 Å². The summed E-state index contributed by atoms with van der Waals surface area (Å²) in [6, 6.07) is 6.17. The van der Waals surface area contributed by atoms with E-state index in [-0.39, 0.29) is 10.3 Å². The second kappa shape index (κ2) is 7.03. The molecule has 2 fully saturated rings. The number of carbonyl (C=O) groups is 1. The normalized spacial score (nSPS) is 23.8. The van der Waals surface area contributed by atoms with E-state index in [9.17, 15) is 18.3 Å². The van der Waals surface area contributed by atoms with E-state index in [1.165, 1.54) is 7.05 Å². The Balaban J connectivity index is 1.75. The quantitative estimate of drug-likeness (QED) is 0.706. The number of likely N-dealkylation sites (tertiary alicyclic amines) is 1. The fourth-order valence-electron chi connectivity index (χ4n) is 4.00. The van der Waals surface area contributed by atoms with Gasteiger partial charge < -0.3 is 10.4 Å². The number of nitrogens with zero attached hydrogens (tertiary/aromatic N) is 1. The minimum atomic E-state index is -3.45. The molecule has 2 heterocycles. The lowest BCUT2D eigenvalue weighted by Crippen LogP contribution is -2.38. The summed E-state index contributed by atoms with van der Waals surface area (Å²) in [4.78, 5) is 13.9. The van der Waals surface area contributed by atoms with Crippen LogP contribution in [0.15, 0.2) is 29.2 Å². The topological polar surface area (TPSA) is 98.7 Å². The fraction of sp³-hybridized carbons (Fsp3) is 0.588. The second-order valence-corrected chi connectivity index (χ2v) is 8.95. The van der Waals surface area contributed by atoms with Crippen LogP contribution in [0.1, 0.15) is 24.8 Å². The highest BCUT2D eigenvalue weighted by Crippen LogP contribution is 2.42. The molecule has 2 aliphatic rings. The molecule has 0 saturated carbocycles. The molecule has 138 valence electrons. The molecule has 0 radical (unpaired) electrons. The number of carboxylic acids is 1. The first-order valence-electron chi connectivity index (χ1n) is 8.55. The Morgan fingerprint density at radius 1 is 1.32 bits per heavy atom. The Kier molecular flexibility index (Phi) is 5.15. The van der Waals surface area contributed by atoms with Crippen LogP contribution in [0.25, 0.3) is 0 Å². The minimum absolute atomic E-state index is 0.0870. The molecule has 0 bridgehead atoms. The summed E-state index contributed by atoms with van der Waals surface area (Å²) in [6.07, 6.45) is 2.70. The molecule has 1 unspecified atom stereocenters. The third kappa shape index (κ3) is 3.87. The van der Waals surface area contributed by atoms with Gasteiger partial charge in [0.25, 0.3) is 0 Å². The van der Waals surface area contributed by atoms with Gasteiger partial charge in [0.1, 0.15) is 6.04 Å². The van der Waals surface area contributed by atoms with Gasteiger partial charge in [0.15, 0.2) is 0 Å². The van der Waals surface area contributed by atoms with Crippen LogP contribution in [-0.4, -0.2) is 57.1 Å². The van der Waals surface area contributed by atoms with Crippen LogP contribution in [0.5, 0.6) is 0 Å². The van der Waals surface area contributed by atoms with Gasteiger partial charge in [-0.25, -0.2) is 13.1 Å². The third-order valence-corrected chi connectivity index (χ3v) is 6.87. The van der Waals surface area contributed by atoms with Crippen LogP contribution in [-0.2, 0) is 21.4 Å². The van der Waals surface area contributed by atoms with Gasteiger partial charge in [0.2, 0.25) is 10.0 Å². The molecule has 1 spiro atoms. The van der Waals surface area contributed by atoms with Crippen molar-refractivity contribution in [1.29, 1.82) is 0 Å². The van der Waals surface area contributed by atoms with E-state index in [1.807, 2.05) is 4.90 Å². The molecule has 0 amide bonds. The van der Waals surface area contributed by atoms with E-state index in [4.69, 9.17) is 0 Å². The first kappa shape index (κ1) is 18.3. The molecule has 2 saturated heterocycles. The van der Waals surface area contributed by atoms with E-state index in [0.717, 1.165) is 38.0 Å². The fourth-order valence-corrected chi connectivity index (χ4v) is 4.73. The maximum Gasteiger partial charge on any atom is 0.320 e. The van der Waals surface area contributed by atoms with E-state index < -0.39 is 22.0 Å². The molecule has 25 heavy (non-hydrogen) atoms. The van der Waals surface area contributed by atoms with Crippen LogP contribution >= 0.6 is 0 Å². The van der Waals surface area contributed by atoms with Crippen LogP contribution in [0.3, 0.4) is 0 Å². The molecule has 2 aliphatic heterocycles. The summed E-state index contributed by atoms with van der Waals surface area (Å²) in [5.41, 5.74) is 1.01. The highest BCUT2D eigenvalue weighted by Gasteiger charge is 2.46. The summed E-state index contributed by atoms with van der Waals surface area (Å²) < 4.78 is 25.9. The minimum Gasteiger partial charge on any atom is -0.480 e. The summed E-state index contributed by atoms with van der Waals surface area (Å²) in [6.45, 7) is 3.18. The average molecular weight is 367 g/mol. The SMILES string of the molecule is CNS(=O)(=O)c1ccc(CN2CC3(CCNCC3)CC2C(=O)O)cc1. The number of benzene rings is 1. The summed E-state index contributed by atoms with van der Waals surface area (Å²) in [5, 5.41) is 13.0. The van der Waals surface area contributed by atoms with E-state index in [1.54, 1.807) is 24.3 Å². The number of aliphatic carboxylic acids is 1. The summed E-state index contributed by atoms with van der Waals surface area (Å²) in [7, 11) is -2.07. The van der Waals surface area contributed by atoms with Gasteiger partial charge >= 0.3 is 5.97 Å². The van der Waals surface area contributed by atoms with Crippen molar-refractivity contribution in [2.75, 3.05) is 26.7 Å². The molecule has 3 N–H and O–H groups in total. The van der Waals surface area contributed by atoms with Crippen LogP contribution in [0.2, 0.25) is 0 Å². The number of carboxylic acid groups (broad SMARTS) is 1. The molecule has 8 heteroatoms. The number of piperidine rings is 1. The monoisotopic (exact) mass is 367 g/mol. The summed E-state index contributed by atoms with van der Waals surface area (Å²) >= 11 is 0. The van der Waals surface area contributed by atoms with Gasteiger partial charge in [-0.15, -0.1) is 0 Å². The maximum atomic E-state index is 11.8. The summed E-state index contributed by atoms with van der Waals surface area (Å²) in [5.74, 6) is -0.773. The standard InChI is InChI=1S/C17H25N3O4S/c1-18-25(23,24)14-4-2-13(3-5-14)11-20-12-17(6-8-19-9-7-17)10-15(20)16(21)22/h2-5,15,18-19H,6-12H2,1H3,(H,21,22). The molecule has 3 rings (SSSR count). The van der Waals surface area contributed by atoms with E-state index in [2.05, 4.69) is 10.0 Å². The Morgan fingerprint density at radius 3 is 2.52 bits per heavy atom. The van der Waals surface area contributed by atoms with Crippen molar-refractivity contribution in [2.45, 2.75) is 36.7 Å². The molecule has 1 aromatic rings. The highest BCUT2D eigenvalue weighted by atomic mass is 32.2. The van der Waals surface area contributed by atoms with Gasteiger partial charge in [-0.1, -0.05) is 12.1 Å². The van der Waals surface area contributed by atoms with Crippen molar-refractivity contribution < 1.29 is 18.3 Å². The maximum absolute atomic E-state index is 11.8. The van der Waals surface area contributed by atoms with E-state index >= 15 is 0 Å². The van der Waals surface area contributed by atoms with Gasteiger partial charge in [0, 0.05) is 13.1 Å². The van der Waals surface area contributed by atoms with Crippen molar-refractivity contribution in [2.24, 2.45) is 5.41 Å². The Hall–Kier alpha value is -1.48. The Morgan fingerprint density at radius 2 is 1.96 bits per heavy atom. The molecule has 1 aromatic carbocycles. The highest BCUT2D eigenvalue weighted by molar-refractivity contribution is 7.89. The predicted octanol–water partition coefficient (Wildman–Crippen LogP) is 0.623. The number of hydrogen-bond donors (Lipinski definition) is 3. The van der Waals surface area contributed by atoms with Crippen molar-refractivity contribution in [3.63, 3.8) is 0 Å². The zero-order valence-electron chi connectivity index (χ0n) is 14.4. The van der Waals surface area contributed by atoms with Crippen LogP contribution in [0, 0.1) is 5.41 Å². The van der Waals surface area contributed by atoms with Crippen molar-refractivity contribution in [3.05, 3.63) is 29.8 Å². The molecular formula is C17H25N3O4S. The molecule has 0 aliphatic carbocycles. The lowest BCUT2D eigenvalue weighted by atomic mass is 9.77. The molecule has 1 atom stereocenters. The zero-order chi connectivity index (χ0) is 18.1. The predicted molar refractivity (Wildman–Crippen MR) is 93.7 cm³/mol. The number of sulfonamides is 1. The average Bonchev–Trinajstić information content (AvgIpc) is 2.94. The molecular weight excluding hydrogens is 342 g/mol. The third-order valence-electron chi connectivity index (χ3n) is 5.44. The van der Waals surface area contributed by atoms with Crippen molar-refractivity contribution in [3.8, 4) is 0 Å².